The van der Waals surface area contributed by atoms with Crippen LogP contribution in [0.3, 0.4) is 0 Å². The normalized spacial score (nSPS) is 22.5. The molecular formula is C6H11N3O2. The summed E-state index contributed by atoms with van der Waals surface area (Å²) in [4.78, 5) is 17.9. The minimum atomic E-state index is -0.358. The van der Waals surface area contributed by atoms with Gasteiger partial charge < -0.3 is 9.64 Å². The SMILES string of the molecule is CN=C1OC(=O)N(C)CN1C. The van der Waals surface area contributed by atoms with Crippen LogP contribution in [0.2, 0.25) is 0 Å². The molecule has 0 N–H and O–H groups in total. The third kappa shape index (κ3) is 1.42. The highest BCUT2D eigenvalue weighted by Gasteiger charge is 2.24. The van der Waals surface area contributed by atoms with Crippen molar-refractivity contribution in [2.24, 2.45) is 4.99 Å². The number of aliphatic imine (C=N–C) groups is 1. The maximum Gasteiger partial charge on any atom is 0.418 e. The largest absolute Gasteiger partial charge is 0.418 e. The van der Waals surface area contributed by atoms with Gasteiger partial charge in [0.2, 0.25) is 0 Å². The molecule has 11 heavy (non-hydrogen) atoms. The van der Waals surface area contributed by atoms with E-state index >= 15 is 0 Å². The maximum absolute atomic E-state index is 10.9. The maximum atomic E-state index is 10.9. The number of amidine groups is 1. The quantitative estimate of drug-likeness (QED) is 0.495. The van der Waals surface area contributed by atoms with Crippen molar-refractivity contribution in [3.63, 3.8) is 0 Å². The number of hydrogen-bond acceptors (Lipinski definition) is 3. The molecule has 62 valence electrons. The minimum Gasteiger partial charge on any atom is -0.376 e. The van der Waals surface area contributed by atoms with Gasteiger partial charge in [0.05, 0.1) is 0 Å². The molecule has 0 radical (unpaired) electrons. The zero-order valence-corrected chi connectivity index (χ0v) is 6.87. The Morgan fingerprint density at radius 1 is 1.45 bits per heavy atom. The smallest absolute Gasteiger partial charge is 0.376 e. The molecule has 1 saturated heterocycles. The van der Waals surface area contributed by atoms with E-state index in [0.717, 1.165) is 0 Å². The van der Waals surface area contributed by atoms with Crippen LogP contribution in [0, 0.1) is 0 Å². The lowest BCUT2D eigenvalue weighted by Crippen LogP contribution is -2.48. The van der Waals surface area contributed by atoms with Crippen LogP contribution in [0.5, 0.6) is 0 Å². The molecule has 1 rings (SSSR count). The highest BCUT2D eigenvalue weighted by molar-refractivity contribution is 5.88. The Morgan fingerprint density at radius 3 is 2.64 bits per heavy atom. The number of hydrogen-bond donors (Lipinski definition) is 0. The first-order chi connectivity index (χ1) is 5.15. The fourth-order valence-electron chi connectivity index (χ4n) is 0.887. The fraction of sp³-hybridized carbons (Fsp3) is 0.667. The van der Waals surface area contributed by atoms with Gasteiger partial charge in [0.25, 0.3) is 6.02 Å². The van der Waals surface area contributed by atoms with Crippen molar-refractivity contribution in [2.45, 2.75) is 0 Å². The van der Waals surface area contributed by atoms with Crippen molar-refractivity contribution in [2.75, 3.05) is 27.8 Å². The van der Waals surface area contributed by atoms with E-state index in [-0.39, 0.29) is 6.09 Å². The second-order valence-electron chi connectivity index (χ2n) is 2.41. The van der Waals surface area contributed by atoms with E-state index in [1.54, 1.807) is 19.0 Å². The summed E-state index contributed by atoms with van der Waals surface area (Å²) in [6.07, 6.45) is -0.358. The number of nitrogens with zero attached hydrogens (tertiary/aromatic N) is 3. The van der Waals surface area contributed by atoms with Gasteiger partial charge >= 0.3 is 6.09 Å². The average Bonchev–Trinajstić information content (AvgIpc) is 1.97. The van der Waals surface area contributed by atoms with Gasteiger partial charge in [-0.2, -0.15) is 0 Å². The van der Waals surface area contributed by atoms with Gasteiger partial charge in [-0.25, -0.2) is 9.79 Å². The molecule has 1 heterocycles. The molecule has 0 unspecified atom stereocenters. The zero-order valence-electron chi connectivity index (χ0n) is 6.87. The Hall–Kier alpha value is -1.26. The Morgan fingerprint density at radius 2 is 2.09 bits per heavy atom. The van der Waals surface area contributed by atoms with Gasteiger partial charge in [-0.05, 0) is 0 Å². The van der Waals surface area contributed by atoms with E-state index in [1.165, 1.54) is 4.90 Å². The van der Waals surface area contributed by atoms with Crippen LogP contribution in [-0.2, 0) is 4.74 Å². The van der Waals surface area contributed by atoms with Crippen molar-refractivity contribution in [1.29, 1.82) is 0 Å². The molecule has 0 saturated carbocycles. The van der Waals surface area contributed by atoms with Gasteiger partial charge in [0.1, 0.15) is 6.67 Å². The first kappa shape index (κ1) is 7.84. The van der Waals surface area contributed by atoms with Gasteiger partial charge in [-0.15, -0.1) is 0 Å². The lowest BCUT2D eigenvalue weighted by molar-refractivity contribution is 0.107. The van der Waals surface area contributed by atoms with E-state index in [2.05, 4.69) is 4.99 Å². The lowest BCUT2D eigenvalue weighted by Gasteiger charge is -2.30. The standard InChI is InChI=1S/C6H11N3O2/c1-7-5-8(2)4-9(3)6(10)11-5/h4H2,1-3H3. The molecule has 0 aromatic rings. The van der Waals surface area contributed by atoms with E-state index in [1.807, 2.05) is 7.05 Å². The lowest BCUT2D eigenvalue weighted by atomic mass is 10.6. The number of cyclic esters (lactones) is 1. The van der Waals surface area contributed by atoms with Crippen LogP contribution in [0.1, 0.15) is 0 Å². The number of rotatable bonds is 0. The molecule has 1 aliphatic rings. The first-order valence-electron chi connectivity index (χ1n) is 3.26. The molecule has 0 aromatic heterocycles. The van der Waals surface area contributed by atoms with Crippen LogP contribution >= 0.6 is 0 Å². The number of ether oxygens (including phenoxy) is 1. The van der Waals surface area contributed by atoms with Gasteiger partial charge in [0, 0.05) is 21.1 Å². The summed E-state index contributed by atoms with van der Waals surface area (Å²) in [6.45, 7) is 0.519. The van der Waals surface area contributed by atoms with Crippen LogP contribution < -0.4 is 0 Å². The van der Waals surface area contributed by atoms with Crippen LogP contribution in [0.4, 0.5) is 4.79 Å². The van der Waals surface area contributed by atoms with Crippen molar-refractivity contribution in [1.82, 2.24) is 9.80 Å². The van der Waals surface area contributed by atoms with Crippen molar-refractivity contribution >= 4 is 12.1 Å². The molecule has 0 atom stereocenters. The Labute approximate surface area is 65.2 Å². The monoisotopic (exact) mass is 157 g/mol. The summed E-state index contributed by atoms with van der Waals surface area (Å²) in [7, 11) is 5.07. The third-order valence-corrected chi connectivity index (χ3v) is 1.43. The van der Waals surface area contributed by atoms with E-state index in [0.29, 0.717) is 12.7 Å². The first-order valence-corrected chi connectivity index (χ1v) is 3.26. The van der Waals surface area contributed by atoms with Crippen molar-refractivity contribution in [3.8, 4) is 0 Å². The topological polar surface area (TPSA) is 45.1 Å². The Balaban J connectivity index is 2.70. The predicted octanol–water partition coefficient (Wildman–Crippen LogP) is -0.0565. The number of amides is 1. The van der Waals surface area contributed by atoms with Crippen LogP contribution in [0.25, 0.3) is 0 Å². The van der Waals surface area contributed by atoms with Gasteiger partial charge in [0.15, 0.2) is 0 Å². The predicted molar refractivity (Wildman–Crippen MR) is 40.2 cm³/mol. The zero-order chi connectivity index (χ0) is 8.43. The molecular weight excluding hydrogens is 146 g/mol. The highest BCUT2D eigenvalue weighted by atomic mass is 16.6. The average molecular weight is 157 g/mol. The molecule has 0 aromatic carbocycles. The number of carbonyl (C=O) groups is 1. The Bertz CT molecular complexity index is 202. The van der Waals surface area contributed by atoms with E-state index in [9.17, 15) is 4.79 Å². The minimum absolute atomic E-state index is 0.358. The molecule has 0 spiro atoms. The second-order valence-corrected chi connectivity index (χ2v) is 2.41. The number of carbonyl (C=O) groups excluding carboxylic acids is 1. The second kappa shape index (κ2) is 2.77. The summed E-state index contributed by atoms with van der Waals surface area (Å²) < 4.78 is 4.82. The summed E-state index contributed by atoms with van der Waals surface area (Å²) in [5.74, 6) is 0. The molecule has 5 nitrogen and oxygen atoms in total. The van der Waals surface area contributed by atoms with Crippen molar-refractivity contribution in [3.05, 3.63) is 0 Å². The van der Waals surface area contributed by atoms with E-state index in [4.69, 9.17) is 4.74 Å². The summed E-state index contributed by atoms with van der Waals surface area (Å²) in [5.41, 5.74) is 0. The highest BCUT2D eigenvalue weighted by Crippen LogP contribution is 2.03. The molecule has 0 bridgehead atoms. The summed E-state index contributed by atoms with van der Waals surface area (Å²) in [5, 5.41) is 0. The van der Waals surface area contributed by atoms with E-state index < -0.39 is 0 Å². The van der Waals surface area contributed by atoms with Crippen LogP contribution in [-0.4, -0.2) is 49.7 Å². The van der Waals surface area contributed by atoms with Gasteiger partial charge in [-0.1, -0.05) is 0 Å². The van der Waals surface area contributed by atoms with Gasteiger partial charge in [-0.3, -0.25) is 4.90 Å². The molecule has 0 aliphatic carbocycles. The molecule has 1 amide bonds. The fourth-order valence-corrected chi connectivity index (χ4v) is 0.887. The Kier molecular flexibility index (Phi) is 1.98. The molecule has 5 heteroatoms. The third-order valence-electron chi connectivity index (χ3n) is 1.43. The summed E-state index contributed by atoms with van der Waals surface area (Å²) >= 11 is 0. The van der Waals surface area contributed by atoms with Crippen LogP contribution in [0.15, 0.2) is 4.99 Å². The molecule has 1 aliphatic heterocycles. The summed E-state index contributed by atoms with van der Waals surface area (Å²) in [6, 6.07) is 0.369. The van der Waals surface area contributed by atoms with Crippen molar-refractivity contribution < 1.29 is 9.53 Å². The molecule has 1 fully saturated rings.